The molecule has 0 aromatic rings. The number of nitrogens with one attached hydrogen (secondary N) is 1. The summed E-state index contributed by atoms with van der Waals surface area (Å²) in [7, 11) is 0. The number of hydrogen-bond acceptors (Lipinski definition) is 3. The lowest BCUT2D eigenvalue weighted by Gasteiger charge is -2.29. The van der Waals surface area contributed by atoms with E-state index in [9.17, 15) is 5.11 Å². The Bertz CT molecular complexity index is 120. The van der Waals surface area contributed by atoms with Crippen molar-refractivity contribution in [2.75, 3.05) is 26.2 Å². The third-order valence-electron chi connectivity index (χ3n) is 2.46. The molecule has 0 aliphatic carbocycles. The molecule has 2 aliphatic heterocycles. The summed E-state index contributed by atoms with van der Waals surface area (Å²) < 4.78 is 0. The van der Waals surface area contributed by atoms with Crippen molar-refractivity contribution < 1.29 is 5.11 Å². The quantitative estimate of drug-likeness (QED) is 0.523. The minimum atomic E-state index is -0.0649. The highest BCUT2D eigenvalue weighted by Gasteiger charge is 2.31. The monoisotopic (exact) mass is 178 g/mol. The fourth-order valence-corrected chi connectivity index (χ4v) is 1.94. The van der Waals surface area contributed by atoms with Gasteiger partial charge in [0.25, 0.3) is 0 Å². The molecule has 0 bridgehead atoms. The van der Waals surface area contributed by atoms with Crippen molar-refractivity contribution in [1.82, 2.24) is 10.2 Å². The van der Waals surface area contributed by atoms with E-state index in [1.165, 1.54) is 0 Å². The summed E-state index contributed by atoms with van der Waals surface area (Å²) >= 11 is 0. The lowest BCUT2D eigenvalue weighted by atomic mass is 10.2. The summed E-state index contributed by atoms with van der Waals surface area (Å²) in [5.41, 5.74) is 0. The second kappa shape index (κ2) is 3.72. The van der Waals surface area contributed by atoms with Gasteiger partial charge in [0.05, 0.1) is 6.10 Å². The van der Waals surface area contributed by atoms with Crippen LogP contribution in [0.25, 0.3) is 0 Å². The molecule has 4 heteroatoms. The van der Waals surface area contributed by atoms with E-state index >= 15 is 0 Å². The Kier molecular flexibility index (Phi) is 3.13. The van der Waals surface area contributed by atoms with Crippen LogP contribution in [0.4, 0.5) is 0 Å². The van der Waals surface area contributed by atoms with Crippen LogP contribution in [-0.2, 0) is 0 Å². The molecule has 0 saturated carbocycles. The summed E-state index contributed by atoms with van der Waals surface area (Å²) in [6.45, 7) is 4.16. The van der Waals surface area contributed by atoms with Crippen LogP contribution in [-0.4, -0.2) is 48.3 Å². The van der Waals surface area contributed by atoms with E-state index in [0.29, 0.717) is 6.04 Å². The molecule has 2 atom stereocenters. The lowest BCUT2D eigenvalue weighted by molar-refractivity contribution is 0.170. The van der Waals surface area contributed by atoms with E-state index in [0.717, 1.165) is 32.6 Å². The number of halogens is 1. The molecule has 0 amide bonds. The Morgan fingerprint density at radius 2 is 2.27 bits per heavy atom. The molecule has 2 heterocycles. The minimum absolute atomic E-state index is 0. The maximum Gasteiger partial charge on any atom is 0.0682 e. The first kappa shape index (κ1) is 9.26. The number of aliphatic hydroxyl groups excluding tert-OH is 1. The summed E-state index contributed by atoms with van der Waals surface area (Å²) in [5, 5.41) is 12.6. The van der Waals surface area contributed by atoms with Crippen LogP contribution in [0.5, 0.6) is 0 Å². The number of aliphatic hydroxyl groups is 1. The van der Waals surface area contributed by atoms with Gasteiger partial charge in [0.15, 0.2) is 0 Å². The van der Waals surface area contributed by atoms with Crippen molar-refractivity contribution in [2.24, 2.45) is 0 Å². The van der Waals surface area contributed by atoms with Crippen LogP contribution in [0, 0.1) is 0 Å². The third-order valence-corrected chi connectivity index (χ3v) is 2.46. The SMILES string of the molecule is Cl.O[C@@H]1CC2CNCCN2C1. The standard InChI is InChI=1S/C7H14N2O.ClH/c10-7-3-6-4-8-1-2-9(6)5-7;/h6-8,10H,1-5H2;1H/t6?,7-;/m1./s1. The van der Waals surface area contributed by atoms with Gasteiger partial charge in [-0.1, -0.05) is 0 Å². The average molecular weight is 179 g/mol. The Labute approximate surface area is 73.2 Å². The van der Waals surface area contributed by atoms with Crippen LogP contribution in [0.3, 0.4) is 0 Å². The number of fused-ring (bicyclic) bond motifs is 1. The van der Waals surface area contributed by atoms with Crippen LogP contribution in [0.15, 0.2) is 0 Å². The lowest BCUT2D eigenvalue weighted by Crippen LogP contribution is -2.47. The summed E-state index contributed by atoms with van der Waals surface area (Å²) in [6, 6.07) is 0.615. The van der Waals surface area contributed by atoms with Gasteiger partial charge in [-0.25, -0.2) is 0 Å². The highest BCUT2D eigenvalue weighted by Crippen LogP contribution is 2.18. The molecule has 66 valence electrons. The van der Waals surface area contributed by atoms with Gasteiger partial charge in [-0.05, 0) is 6.42 Å². The van der Waals surface area contributed by atoms with Crippen molar-refractivity contribution in [2.45, 2.75) is 18.6 Å². The van der Waals surface area contributed by atoms with Gasteiger partial charge in [-0.15, -0.1) is 12.4 Å². The molecule has 2 aliphatic rings. The smallest absolute Gasteiger partial charge is 0.0682 e. The van der Waals surface area contributed by atoms with Gasteiger partial charge < -0.3 is 10.4 Å². The summed E-state index contributed by atoms with van der Waals surface area (Å²) in [6.07, 6.45) is 0.900. The van der Waals surface area contributed by atoms with E-state index in [2.05, 4.69) is 10.2 Å². The largest absolute Gasteiger partial charge is 0.392 e. The van der Waals surface area contributed by atoms with Crippen molar-refractivity contribution in [3.8, 4) is 0 Å². The number of nitrogens with zero attached hydrogens (tertiary/aromatic N) is 1. The second-order valence-corrected chi connectivity index (χ2v) is 3.24. The average Bonchev–Trinajstić information content (AvgIpc) is 2.27. The molecular weight excluding hydrogens is 164 g/mol. The fraction of sp³-hybridized carbons (Fsp3) is 1.00. The molecule has 3 nitrogen and oxygen atoms in total. The van der Waals surface area contributed by atoms with E-state index in [4.69, 9.17) is 0 Å². The predicted molar refractivity (Wildman–Crippen MR) is 46.1 cm³/mol. The van der Waals surface area contributed by atoms with Crippen LogP contribution < -0.4 is 5.32 Å². The first-order valence-corrected chi connectivity index (χ1v) is 3.99. The molecule has 11 heavy (non-hydrogen) atoms. The minimum Gasteiger partial charge on any atom is -0.392 e. The van der Waals surface area contributed by atoms with E-state index in [1.54, 1.807) is 0 Å². The zero-order chi connectivity index (χ0) is 6.97. The van der Waals surface area contributed by atoms with Gasteiger partial charge in [-0.2, -0.15) is 0 Å². The Morgan fingerprint density at radius 3 is 3.00 bits per heavy atom. The highest BCUT2D eigenvalue weighted by molar-refractivity contribution is 5.85. The molecule has 2 N–H and O–H groups in total. The topological polar surface area (TPSA) is 35.5 Å². The van der Waals surface area contributed by atoms with Crippen LogP contribution >= 0.6 is 12.4 Å². The van der Waals surface area contributed by atoms with Crippen molar-refractivity contribution in [3.05, 3.63) is 0 Å². The van der Waals surface area contributed by atoms with Crippen molar-refractivity contribution in [3.63, 3.8) is 0 Å². The number of hydrogen-bond donors (Lipinski definition) is 2. The van der Waals surface area contributed by atoms with Crippen molar-refractivity contribution >= 4 is 12.4 Å². The van der Waals surface area contributed by atoms with Gasteiger partial charge in [0, 0.05) is 32.2 Å². The van der Waals surface area contributed by atoms with Gasteiger partial charge in [0.2, 0.25) is 0 Å². The highest BCUT2D eigenvalue weighted by atomic mass is 35.5. The van der Waals surface area contributed by atoms with Crippen molar-refractivity contribution in [1.29, 1.82) is 0 Å². The number of piperazine rings is 1. The Morgan fingerprint density at radius 1 is 1.45 bits per heavy atom. The van der Waals surface area contributed by atoms with Gasteiger partial charge in [0.1, 0.15) is 0 Å². The Balaban J connectivity index is 0.000000605. The fourth-order valence-electron chi connectivity index (χ4n) is 1.94. The van der Waals surface area contributed by atoms with Crippen LogP contribution in [0.1, 0.15) is 6.42 Å². The van der Waals surface area contributed by atoms with E-state index in [1.807, 2.05) is 0 Å². The third kappa shape index (κ3) is 1.85. The van der Waals surface area contributed by atoms with E-state index in [-0.39, 0.29) is 18.5 Å². The molecule has 0 spiro atoms. The normalized spacial score (nSPS) is 37.9. The molecule has 0 aromatic heterocycles. The molecule has 2 rings (SSSR count). The zero-order valence-electron chi connectivity index (χ0n) is 6.49. The molecular formula is C7H15ClN2O. The first-order valence-electron chi connectivity index (χ1n) is 3.99. The molecule has 0 radical (unpaired) electrons. The molecule has 2 fully saturated rings. The Hall–Kier alpha value is 0.170. The second-order valence-electron chi connectivity index (χ2n) is 3.24. The predicted octanol–water partition coefficient (Wildman–Crippen LogP) is -0.553. The first-order chi connectivity index (χ1) is 4.86. The zero-order valence-corrected chi connectivity index (χ0v) is 7.31. The van der Waals surface area contributed by atoms with Crippen LogP contribution in [0.2, 0.25) is 0 Å². The van der Waals surface area contributed by atoms with E-state index < -0.39 is 0 Å². The summed E-state index contributed by atoms with van der Waals surface area (Å²) in [4.78, 5) is 2.38. The molecule has 1 unspecified atom stereocenters. The maximum absolute atomic E-state index is 9.29. The maximum atomic E-state index is 9.29. The summed E-state index contributed by atoms with van der Waals surface area (Å²) in [5.74, 6) is 0. The molecule has 0 aromatic carbocycles. The van der Waals surface area contributed by atoms with Gasteiger partial charge in [-0.3, -0.25) is 4.90 Å². The number of rotatable bonds is 0. The van der Waals surface area contributed by atoms with Gasteiger partial charge >= 0.3 is 0 Å². The molecule has 2 saturated heterocycles.